The first-order valence-electron chi connectivity index (χ1n) is 16.8. The molecule has 0 saturated heterocycles. The number of benzene rings is 2. The molecular weight excluding hydrogens is 674 g/mol. The van der Waals surface area contributed by atoms with Gasteiger partial charge in [0.2, 0.25) is 0 Å². The van der Waals surface area contributed by atoms with Crippen molar-refractivity contribution in [2.45, 2.75) is 133 Å². The average molecular weight is 740 g/mol. The molecule has 2 aromatic rings. The van der Waals surface area contributed by atoms with E-state index >= 15 is 0 Å². The molecule has 0 amide bonds. The fourth-order valence-corrected chi connectivity index (χ4v) is 54.3. The maximum absolute atomic E-state index is 2.90. The maximum atomic E-state index is 2.90. The van der Waals surface area contributed by atoms with Crippen molar-refractivity contribution >= 4 is 77.7 Å². The van der Waals surface area contributed by atoms with E-state index in [4.69, 9.17) is 0 Å². The van der Waals surface area contributed by atoms with Gasteiger partial charge in [-0.3, -0.25) is 0 Å². The first-order chi connectivity index (χ1) is 19.1. The van der Waals surface area contributed by atoms with E-state index in [1.807, 2.05) is 15.5 Å². The molecule has 0 radical (unpaired) electrons. The van der Waals surface area contributed by atoms with Crippen LogP contribution in [0.2, 0.25) is 118 Å². The van der Waals surface area contributed by atoms with Gasteiger partial charge in [-0.15, -0.1) is 0 Å². The summed E-state index contributed by atoms with van der Waals surface area (Å²) in [5.74, 6) is 0. The average Bonchev–Trinajstić information content (AvgIpc) is 2.72. The van der Waals surface area contributed by atoms with Gasteiger partial charge in [-0.25, -0.2) is 0 Å². The molecule has 2 aromatic carbocycles. The summed E-state index contributed by atoms with van der Waals surface area (Å²) in [5, 5.41) is 2.30. The van der Waals surface area contributed by atoms with Gasteiger partial charge in [-0.05, 0) is 0 Å². The van der Waals surface area contributed by atoms with E-state index in [-0.39, 0.29) is 0 Å². The topological polar surface area (TPSA) is 0 Å². The summed E-state index contributed by atoms with van der Waals surface area (Å²) in [4.78, 5) is 5.53. The minimum atomic E-state index is -1.90. The Morgan fingerprint density at radius 1 is 0.465 bits per heavy atom. The molecule has 0 nitrogen and oxygen atoms in total. The molecule has 0 N–H and O–H groups in total. The van der Waals surface area contributed by atoms with E-state index in [9.17, 15) is 0 Å². The standard InChI is InChI=1S/C36H66GeSi6/c1-38(2,3)34(39(4,5)6)30-25-31(35(40(7,8)9)41(10,11)12)33(32(26-30)36(42(13,14)15)43(16,17)18)37-24-23-28-21-19-20-22-29(28)27-37/h19-27,34-36H,1-18H3. The molecule has 0 aromatic heterocycles. The van der Waals surface area contributed by atoms with Crippen LogP contribution >= 0.6 is 0 Å². The van der Waals surface area contributed by atoms with Crippen LogP contribution in [0.3, 0.4) is 0 Å². The zero-order valence-electron chi connectivity index (χ0n) is 31.4. The van der Waals surface area contributed by atoms with Crippen molar-refractivity contribution < 1.29 is 0 Å². The molecule has 0 spiro atoms. The SMILES string of the molecule is C[Si](C)(C)C(c1cc(C([Si](C)(C)C)[Si](C)(C)C)[c]([Ge]2=[CH]c3ccccc3C=[CH]2)c(C([Si](C)(C)C)[Si](C)(C)C)c1)[Si](C)(C)C. The molecule has 0 saturated carbocycles. The molecule has 1 aliphatic heterocycles. The van der Waals surface area contributed by atoms with Gasteiger partial charge in [-0.1, -0.05) is 0 Å². The summed E-state index contributed by atoms with van der Waals surface area (Å²) in [6, 6.07) is 15.0. The number of hydrogen-bond acceptors (Lipinski definition) is 0. The van der Waals surface area contributed by atoms with Crippen molar-refractivity contribution in [2.24, 2.45) is 0 Å². The van der Waals surface area contributed by atoms with Crippen LogP contribution in [0.25, 0.3) is 6.08 Å². The van der Waals surface area contributed by atoms with Crippen LogP contribution < -0.4 is 4.40 Å². The second-order valence-electron chi connectivity index (χ2n) is 20.1. The normalized spacial score (nSPS) is 15.4. The summed E-state index contributed by atoms with van der Waals surface area (Å²) < 4.78 is 1.89. The summed E-state index contributed by atoms with van der Waals surface area (Å²) in [6.45, 7) is 48.3. The van der Waals surface area contributed by atoms with Crippen LogP contribution in [0, 0.1) is 0 Å². The molecule has 0 bridgehead atoms. The fourth-order valence-electron chi connectivity index (χ4n) is 9.78. The van der Waals surface area contributed by atoms with Crippen LogP contribution in [-0.2, 0) is 0 Å². The Morgan fingerprint density at radius 2 is 0.814 bits per heavy atom. The molecule has 238 valence electrons. The van der Waals surface area contributed by atoms with Gasteiger partial charge in [-0.2, -0.15) is 0 Å². The van der Waals surface area contributed by atoms with Gasteiger partial charge < -0.3 is 0 Å². The fraction of sp³-hybridized carbons (Fsp3) is 0.583. The van der Waals surface area contributed by atoms with Gasteiger partial charge in [0.05, 0.1) is 0 Å². The predicted molar refractivity (Wildman–Crippen MR) is 221 cm³/mol. The zero-order chi connectivity index (χ0) is 33.1. The van der Waals surface area contributed by atoms with E-state index in [2.05, 4.69) is 170 Å². The predicted octanol–water partition coefficient (Wildman–Crippen LogP) is 10.9. The Balaban J connectivity index is 2.69. The van der Waals surface area contributed by atoms with Crippen molar-refractivity contribution in [3.63, 3.8) is 0 Å². The van der Waals surface area contributed by atoms with Crippen molar-refractivity contribution in [2.75, 3.05) is 0 Å². The Morgan fingerprint density at radius 3 is 1.16 bits per heavy atom. The first kappa shape index (κ1) is 37.4. The van der Waals surface area contributed by atoms with Crippen molar-refractivity contribution in [3.05, 3.63) is 69.1 Å². The van der Waals surface area contributed by atoms with E-state index in [1.54, 1.807) is 5.56 Å². The van der Waals surface area contributed by atoms with Crippen molar-refractivity contribution in [3.8, 4) is 0 Å². The first-order valence-corrected chi connectivity index (χ1v) is 41.8. The number of fused-ring (bicyclic) bond motifs is 1. The molecule has 7 heteroatoms. The van der Waals surface area contributed by atoms with Gasteiger partial charge in [0.1, 0.15) is 0 Å². The van der Waals surface area contributed by atoms with Crippen LogP contribution in [-0.4, -0.2) is 67.2 Å². The molecule has 1 aliphatic rings. The van der Waals surface area contributed by atoms with Gasteiger partial charge >= 0.3 is 280 Å². The Labute approximate surface area is 278 Å². The second kappa shape index (κ2) is 12.5. The molecule has 0 aliphatic carbocycles. The Kier molecular flexibility index (Phi) is 10.9. The Bertz CT molecular complexity index is 1280. The zero-order valence-corrected chi connectivity index (χ0v) is 39.5. The van der Waals surface area contributed by atoms with E-state index < -0.39 is 62.4 Å². The summed E-state index contributed by atoms with van der Waals surface area (Å²) in [6.07, 6.45) is 2.51. The summed E-state index contributed by atoms with van der Waals surface area (Å²) in [7, 11) is -9.07. The quantitative estimate of drug-likeness (QED) is 0.213. The third kappa shape index (κ3) is 8.63. The molecule has 3 rings (SSSR count). The molecule has 0 unspecified atom stereocenters. The summed E-state index contributed by atoms with van der Waals surface area (Å²) in [5.41, 5.74) is 8.36. The molecular formula is C36H66GeSi6. The van der Waals surface area contributed by atoms with E-state index in [0.29, 0.717) is 0 Å². The van der Waals surface area contributed by atoms with Crippen molar-refractivity contribution in [1.82, 2.24) is 0 Å². The van der Waals surface area contributed by atoms with Crippen molar-refractivity contribution in [1.29, 1.82) is 0 Å². The second-order valence-corrected chi connectivity index (χ2v) is 58.0. The van der Waals surface area contributed by atoms with E-state index in [0.717, 1.165) is 15.5 Å². The van der Waals surface area contributed by atoms with Crippen LogP contribution in [0.15, 0.2) is 41.3 Å². The van der Waals surface area contributed by atoms with Gasteiger partial charge in [0.25, 0.3) is 0 Å². The number of hydrogen-bond donors (Lipinski definition) is 0. The van der Waals surface area contributed by atoms with Crippen LogP contribution in [0.1, 0.15) is 43.3 Å². The third-order valence-corrected chi connectivity index (χ3v) is 42.1. The van der Waals surface area contributed by atoms with Crippen LogP contribution in [0.5, 0.6) is 0 Å². The third-order valence-electron chi connectivity index (χ3n) is 9.41. The van der Waals surface area contributed by atoms with Gasteiger partial charge in [0.15, 0.2) is 0 Å². The summed E-state index contributed by atoms with van der Waals surface area (Å²) >= 11 is -1.90. The monoisotopic (exact) mass is 740 g/mol. The molecule has 43 heavy (non-hydrogen) atoms. The minimum absolute atomic E-state index is 0.764. The molecule has 1 heterocycles. The Hall–Kier alpha value is -0.106. The molecule has 0 atom stereocenters. The number of rotatable bonds is 10. The van der Waals surface area contributed by atoms with E-state index in [1.165, 1.54) is 11.1 Å². The molecule has 0 fully saturated rings. The van der Waals surface area contributed by atoms with Crippen LogP contribution in [0.4, 0.5) is 0 Å². The van der Waals surface area contributed by atoms with Gasteiger partial charge in [0, 0.05) is 0 Å².